The highest BCUT2D eigenvalue weighted by molar-refractivity contribution is 5.90. The minimum Gasteiger partial charge on any atom is -0.366 e. The maximum Gasteiger partial charge on any atom is 0.241 e. The fourth-order valence-electron chi connectivity index (χ4n) is 0.890. The largest absolute Gasteiger partial charge is 0.366 e. The summed E-state index contributed by atoms with van der Waals surface area (Å²) in [4.78, 5) is 10.4. The molecule has 2 N–H and O–H groups in total. The van der Waals surface area contributed by atoms with E-state index in [1.54, 1.807) is 30.3 Å². The van der Waals surface area contributed by atoms with Gasteiger partial charge in [0.1, 0.15) is 0 Å². The van der Waals surface area contributed by atoms with Crippen molar-refractivity contribution in [2.24, 2.45) is 5.73 Å². The molecule has 0 aliphatic rings. The Kier molecular flexibility index (Phi) is 2.82. The lowest BCUT2D eigenvalue weighted by atomic mass is 10.1. The van der Waals surface area contributed by atoms with Gasteiger partial charge in [0.15, 0.2) is 0 Å². The molecule has 1 amide bonds. The normalized spacial score (nSPS) is 9.77. The number of rotatable bonds is 2. The number of carbonyl (C=O) groups excluding carboxylic acids is 1. The number of carbonyl (C=O) groups is 1. The average molecular weight is 172 g/mol. The molecule has 1 aromatic carbocycles. The lowest BCUT2D eigenvalue weighted by Crippen LogP contribution is -2.05. The Balaban J connectivity index is 2.91. The van der Waals surface area contributed by atoms with Crippen molar-refractivity contribution in [3.05, 3.63) is 41.5 Å². The second-order valence-electron chi connectivity index (χ2n) is 2.47. The summed E-state index contributed by atoms with van der Waals surface area (Å²) in [5, 5.41) is 8.57. The van der Waals surface area contributed by atoms with Crippen molar-refractivity contribution >= 4 is 12.0 Å². The Morgan fingerprint density at radius 1 is 1.54 bits per heavy atom. The van der Waals surface area contributed by atoms with Gasteiger partial charge >= 0.3 is 0 Å². The van der Waals surface area contributed by atoms with E-state index in [2.05, 4.69) is 0 Å². The first-order chi connectivity index (χ1) is 6.22. The zero-order valence-corrected chi connectivity index (χ0v) is 6.90. The third-order valence-electron chi connectivity index (χ3n) is 1.46. The van der Waals surface area contributed by atoms with Gasteiger partial charge in [-0.2, -0.15) is 5.26 Å². The van der Waals surface area contributed by atoms with Gasteiger partial charge in [-0.15, -0.1) is 0 Å². The molecule has 0 bridgehead atoms. The van der Waals surface area contributed by atoms with Gasteiger partial charge in [0, 0.05) is 6.08 Å². The van der Waals surface area contributed by atoms with Gasteiger partial charge in [-0.25, -0.2) is 0 Å². The smallest absolute Gasteiger partial charge is 0.241 e. The van der Waals surface area contributed by atoms with E-state index >= 15 is 0 Å². The first-order valence-electron chi connectivity index (χ1n) is 3.70. The van der Waals surface area contributed by atoms with Gasteiger partial charge in [-0.1, -0.05) is 12.1 Å². The summed E-state index contributed by atoms with van der Waals surface area (Å²) in [5.74, 6) is -0.498. The Morgan fingerprint density at radius 3 is 2.92 bits per heavy atom. The van der Waals surface area contributed by atoms with Crippen LogP contribution in [0.25, 0.3) is 6.08 Å². The van der Waals surface area contributed by atoms with E-state index in [-0.39, 0.29) is 0 Å². The summed E-state index contributed by atoms with van der Waals surface area (Å²) < 4.78 is 0. The second-order valence-corrected chi connectivity index (χ2v) is 2.47. The quantitative estimate of drug-likeness (QED) is 0.677. The SMILES string of the molecule is N#Cc1cccc(C=CC(N)=O)c1. The first kappa shape index (κ1) is 9.01. The minimum atomic E-state index is -0.498. The third kappa shape index (κ3) is 2.80. The summed E-state index contributed by atoms with van der Waals surface area (Å²) >= 11 is 0. The number of hydrogen-bond acceptors (Lipinski definition) is 2. The summed E-state index contributed by atoms with van der Waals surface area (Å²) in [5.41, 5.74) is 6.27. The Bertz CT molecular complexity index is 388. The predicted molar refractivity (Wildman–Crippen MR) is 49.4 cm³/mol. The Labute approximate surface area is 76.1 Å². The van der Waals surface area contributed by atoms with Gasteiger partial charge in [-0.3, -0.25) is 4.79 Å². The van der Waals surface area contributed by atoms with E-state index < -0.39 is 5.91 Å². The van der Waals surface area contributed by atoms with E-state index in [9.17, 15) is 4.79 Å². The first-order valence-corrected chi connectivity index (χ1v) is 3.70. The Hall–Kier alpha value is -2.08. The van der Waals surface area contributed by atoms with Crippen molar-refractivity contribution < 1.29 is 4.79 Å². The summed E-state index contributed by atoms with van der Waals surface area (Å²) in [6, 6.07) is 8.92. The van der Waals surface area contributed by atoms with Gasteiger partial charge in [0.05, 0.1) is 11.6 Å². The predicted octanol–water partition coefficient (Wildman–Crippen LogP) is 1.06. The maximum absolute atomic E-state index is 10.4. The summed E-state index contributed by atoms with van der Waals surface area (Å²) in [6.07, 6.45) is 2.83. The van der Waals surface area contributed by atoms with Gasteiger partial charge in [0.2, 0.25) is 5.91 Å². The standard InChI is InChI=1S/C10H8N2O/c11-7-9-3-1-2-8(6-9)4-5-10(12)13/h1-6H,(H2,12,13). The van der Waals surface area contributed by atoms with Crippen LogP contribution in [0.4, 0.5) is 0 Å². The van der Waals surface area contributed by atoms with Crippen molar-refractivity contribution in [3.8, 4) is 6.07 Å². The minimum absolute atomic E-state index is 0.498. The number of nitrogens with zero attached hydrogens (tertiary/aromatic N) is 1. The van der Waals surface area contributed by atoms with Crippen molar-refractivity contribution in [3.63, 3.8) is 0 Å². The lowest BCUT2D eigenvalue weighted by Gasteiger charge is -1.92. The average Bonchev–Trinajstić information content (AvgIpc) is 2.15. The molecule has 0 aromatic heterocycles. The molecule has 0 aliphatic carbocycles. The van der Waals surface area contributed by atoms with Crippen LogP contribution in [0.3, 0.4) is 0 Å². The van der Waals surface area contributed by atoms with Crippen LogP contribution in [0.2, 0.25) is 0 Å². The number of nitrogens with two attached hydrogens (primary N) is 1. The van der Waals surface area contributed by atoms with Gasteiger partial charge in [-0.05, 0) is 23.8 Å². The van der Waals surface area contributed by atoms with Crippen molar-refractivity contribution in [1.82, 2.24) is 0 Å². The molecule has 0 fully saturated rings. The molecule has 0 aliphatic heterocycles. The second kappa shape index (κ2) is 4.07. The third-order valence-corrected chi connectivity index (χ3v) is 1.46. The van der Waals surface area contributed by atoms with Gasteiger partial charge in [0.25, 0.3) is 0 Å². The highest BCUT2D eigenvalue weighted by Gasteiger charge is 1.91. The molecule has 0 spiro atoms. The van der Waals surface area contributed by atoms with Crippen LogP contribution in [-0.2, 0) is 4.79 Å². The molecule has 0 unspecified atom stereocenters. The highest BCUT2D eigenvalue weighted by atomic mass is 16.1. The van der Waals surface area contributed by atoms with Crippen LogP contribution in [-0.4, -0.2) is 5.91 Å². The Morgan fingerprint density at radius 2 is 2.31 bits per heavy atom. The fourth-order valence-corrected chi connectivity index (χ4v) is 0.890. The number of nitriles is 1. The van der Waals surface area contributed by atoms with Crippen LogP contribution in [0.1, 0.15) is 11.1 Å². The number of benzene rings is 1. The molecule has 3 nitrogen and oxygen atoms in total. The van der Waals surface area contributed by atoms with E-state index in [0.29, 0.717) is 5.56 Å². The van der Waals surface area contributed by atoms with Crippen LogP contribution in [0, 0.1) is 11.3 Å². The maximum atomic E-state index is 10.4. The molecule has 0 saturated heterocycles. The zero-order chi connectivity index (χ0) is 9.68. The molecule has 0 heterocycles. The molecule has 64 valence electrons. The van der Waals surface area contributed by atoms with Crippen LogP contribution in [0.5, 0.6) is 0 Å². The molecule has 3 heteroatoms. The van der Waals surface area contributed by atoms with Crippen molar-refractivity contribution in [1.29, 1.82) is 5.26 Å². The molecule has 0 saturated carbocycles. The van der Waals surface area contributed by atoms with E-state index in [0.717, 1.165) is 5.56 Å². The molecule has 0 radical (unpaired) electrons. The summed E-state index contributed by atoms with van der Waals surface area (Å²) in [7, 11) is 0. The number of hydrogen-bond donors (Lipinski definition) is 1. The van der Waals surface area contributed by atoms with E-state index in [4.69, 9.17) is 11.0 Å². The summed E-state index contributed by atoms with van der Waals surface area (Å²) in [6.45, 7) is 0. The van der Waals surface area contributed by atoms with Crippen molar-refractivity contribution in [2.45, 2.75) is 0 Å². The molecular formula is C10H8N2O. The number of primary amides is 1. The molecular weight excluding hydrogens is 164 g/mol. The monoisotopic (exact) mass is 172 g/mol. The van der Waals surface area contributed by atoms with E-state index in [1.165, 1.54) is 6.08 Å². The van der Waals surface area contributed by atoms with Crippen LogP contribution < -0.4 is 5.73 Å². The molecule has 1 rings (SSSR count). The molecule has 1 aromatic rings. The fraction of sp³-hybridized carbons (Fsp3) is 0. The van der Waals surface area contributed by atoms with Crippen molar-refractivity contribution in [2.75, 3.05) is 0 Å². The van der Waals surface area contributed by atoms with Crippen LogP contribution >= 0.6 is 0 Å². The highest BCUT2D eigenvalue weighted by Crippen LogP contribution is 2.05. The number of amides is 1. The van der Waals surface area contributed by atoms with Crippen LogP contribution in [0.15, 0.2) is 30.3 Å². The molecule has 13 heavy (non-hydrogen) atoms. The topological polar surface area (TPSA) is 66.9 Å². The zero-order valence-electron chi connectivity index (χ0n) is 6.90. The molecule has 0 atom stereocenters. The lowest BCUT2D eigenvalue weighted by molar-refractivity contribution is -0.113. The van der Waals surface area contributed by atoms with E-state index in [1.807, 2.05) is 6.07 Å². The van der Waals surface area contributed by atoms with Gasteiger partial charge < -0.3 is 5.73 Å².